The van der Waals surface area contributed by atoms with E-state index in [9.17, 15) is 4.39 Å². The third-order valence-corrected chi connectivity index (χ3v) is 5.23. The van der Waals surface area contributed by atoms with Crippen molar-refractivity contribution >= 4 is 47.2 Å². The zero-order chi connectivity index (χ0) is 19.1. The van der Waals surface area contributed by atoms with Crippen LogP contribution in [0.4, 0.5) is 4.39 Å². The second kappa shape index (κ2) is 9.98. The Balaban J connectivity index is 1.71. The highest BCUT2D eigenvalue weighted by Crippen LogP contribution is 2.20. The Kier molecular flexibility index (Phi) is 7.40. The van der Waals surface area contributed by atoms with Gasteiger partial charge in [-0.25, -0.2) is 14.4 Å². The smallest absolute Gasteiger partial charge is 0.225 e. The molecule has 3 rings (SSSR count). The third-order valence-electron chi connectivity index (χ3n) is 3.77. The Morgan fingerprint density at radius 2 is 1.96 bits per heavy atom. The average Bonchev–Trinajstić information content (AvgIpc) is 3.16. The van der Waals surface area contributed by atoms with Crippen molar-refractivity contribution in [3.05, 3.63) is 64.9 Å². The molecule has 1 heterocycles. The van der Waals surface area contributed by atoms with Crippen LogP contribution in [-0.2, 0) is 0 Å². The monoisotopic (exact) mass is 423 g/mol. The molecule has 0 bridgehead atoms. The van der Waals surface area contributed by atoms with Gasteiger partial charge in [-0.2, -0.15) is 5.10 Å². The van der Waals surface area contributed by atoms with E-state index in [-0.39, 0.29) is 5.82 Å². The maximum absolute atomic E-state index is 13.1. The van der Waals surface area contributed by atoms with Crippen LogP contribution in [0.3, 0.4) is 0 Å². The molecule has 27 heavy (non-hydrogen) atoms. The molecule has 5 nitrogen and oxygen atoms in total. The van der Waals surface area contributed by atoms with E-state index in [1.807, 2.05) is 29.3 Å². The molecular formula is C18H19ClFN5S2. The number of nitrogens with one attached hydrogen (secondary N) is 1. The van der Waals surface area contributed by atoms with Gasteiger partial charge in [-0.3, -0.25) is 9.86 Å². The molecule has 0 saturated heterocycles. The van der Waals surface area contributed by atoms with Gasteiger partial charge in [0.25, 0.3) is 0 Å². The Hall–Kier alpha value is -1.74. The number of hydrogen-bond donors (Lipinski definition) is 2. The van der Waals surface area contributed by atoms with Crippen LogP contribution in [0.25, 0.3) is 0 Å². The molecule has 0 fully saturated rings. The van der Waals surface area contributed by atoms with Gasteiger partial charge < -0.3 is 0 Å². The van der Waals surface area contributed by atoms with Crippen LogP contribution in [0.5, 0.6) is 0 Å². The van der Waals surface area contributed by atoms with Gasteiger partial charge in [-0.15, -0.1) is 0 Å². The number of rotatable bonds is 6. The molecule has 1 aliphatic rings. The molecule has 2 aromatic rings. The molecule has 0 radical (unpaired) electrons. The summed E-state index contributed by atoms with van der Waals surface area (Å²) in [5.74, 6) is 1.14. The van der Waals surface area contributed by atoms with Gasteiger partial charge >= 0.3 is 0 Å². The van der Waals surface area contributed by atoms with Crippen molar-refractivity contribution in [2.24, 2.45) is 15.2 Å². The fraction of sp³-hybridized carbons (Fsp3) is 0.222. The van der Waals surface area contributed by atoms with Crippen molar-refractivity contribution in [3.8, 4) is 0 Å². The van der Waals surface area contributed by atoms with Crippen molar-refractivity contribution < 1.29 is 4.39 Å². The first-order chi connectivity index (χ1) is 13.2. The molecule has 0 amide bonds. The minimum Gasteiger partial charge on any atom is -0.295 e. The highest BCUT2D eigenvalue weighted by atomic mass is 35.5. The first-order valence-electron chi connectivity index (χ1n) is 8.31. The van der Waals surface area contributed by atoms with E-state index in [0.29, 0.717) is 24.1 Å². The predicted molar refractivity (Wildman–Crippen MR) is 114 cm³/mol. The fourth-order valence-corrected chi connectivity index (χ4v) is 3.41. The van der Waals surface area contributed by atoms with Crippen LogP contribution in [0, 0.1) is 5.82 Å². The zero-order valence-corrected chi connectivity index (χ0v) is 16.8. The summed E-state index contributed by atoms with van der Waals surface area (Å²) < 4.78 is 16.4. The molecule has 0 aromatic heterocycles. The lowest BCUT2D eigenvalue weighted by molar-refractivity contribution is 0.479. The topological polar surface area (TPSA) is 66.0 Å². The quantitative estimate of drug-likeness (QED) is 0.316. The minimum atomic E-state index is -0.253. The first kappa shape index (κ1) is 20.0. The van der Waals surface area contributed by atoms with Gasteiger partial charge in [0.15, 0.2) is 0 Å². The zero-order valence-electron chi connectivity index (χ0n) is 14.4. The van der Waals surface area contributed by atoms with E-state index in [0.717, 1.165) is 28.3 Å². The molecule has 1 aliphatic heterocycles. The Morgan fingerprint density at radius 3 is 2.67 bits per heavy atom. The molecular weight excluding hydrogens is 405 g/mol. The van der Waals surface area contributed by atoms with Crippen LogP contribution >= 0.6 is 35.5 Å². The summed E-state index contributed by atoms with van der Waals surface area (Å²) in [7, 11) is 0. The molecule has 0 spiro atoms. The van der Waals surface area contributed by atoms with Gasteiger partial charge in [0.2, 0.25) is 5.96 Å². The van der Waals surface area contributed by atoms with E-state index in [4.69, 9.17) is 16.7 Å². The van der Waals surface area contributed by atoms with E-state index in [1.165, 1.54) is 36.0 Å². The van der Waals surface area contributed by atoms with Crippen molar-refractivity contribution in [1.82, 2.24) is 9.73 Å². The summed E-state index contributed by atoms with van der Waals surface area (Å²) in [6, 6.07) is 13.9. The van der Waals surface area contributed by atoms with Gasteiger partial charge in [0, 0.05) is 22.1 Å². The Bertz CT molecular complexity index is 812. The van der Waals surface area contributed by atoms with Crippen LogP contribution in [-0.4, -0.2) is 35.5 Å². The highest BCUT2D eigenvalue weighted by molar-refractivity contribution is 7.98. The number of halogens is 2. The van der Waals surface area contributed by atoms with Crippen LogP contribution < -0.4 is 9.86 Å². The number of aliphatic imine (C=N–C) groups is 1. The van der Waals surface area contributed by atoms with Gasteiger partial charge in [0.1, 0.15) is 5.82 Å². The number of guanidine groups is 1. The number of hydrogen-bond acceptors (Lipinski definition) is 5. The summed E-state index contributed by atoms with van der Waals surface area (Å²) in [5, 5.41) is 12.7. The van der Waals surface area contributed by atoms with Crippen LogP contribution in [0.1, 0.15) is 12.0 Å². The first-order valence-corrected chi connectivity index (χ1v) is 10.6. The molecule has 2 aromatic carbocycles. The average molecular weight is 424 g/mol. The van der Waals surface area contributed by atoms with Crippen LogP contribution in [0.15, 0.2) is 63.5 Å². The van der Waals surface area contributed by atoms with E-state index >= 15 is 0 Å². The van der Waals surface area contributed by atoms with Crippen molar-refractivity contribution in [2.75, 3.05) is 18.8 Å². The molecule has 0 saturated carbocycles. The SMILES string of the molecule is NSCCN=C(NSc1ccc(Cl)cc1)N1CCC(c2ccc(F)cc2)=N1. The van der Waals surface area contributed by atoms with E-state index < -0.39 is 0 Å². The second-order valence-electron chi connectivity index (χ2n) is 5.66. The standard InChI is InChI=1S/C18H19ClFN5S2/c19-14-3-7-16(8-4-14)27-24-18(22-10-12-26-21)25-11-9-17(23-25)13-1-5-15(20)6-2-13/h1-8H,9-12,21H2,(H,22,24). The lowest BCUT2D eigenvalue weighted by Gasteiger charge is -2.17. The van der Waals surface area contributed by atoms with Gasteiger partial charge in [0.05, 0.1) is 18.8 Å². The summed E-state index contributed by atoms with van der Waals surface area (Å²) in [5.41, 5.74) is 1.83. The summed E-state index contributed by atoms with van der Waals surface area (Å²) in [6.07, 6.45) is 0.767. The summed E-state index contributed by atoms with van der Waals surface area (Å²) in [6.45, 7) is 1.29. The third kappa shape index (κ3) is 5.87. The summed E-state index contributed by atoms with van der Waals surface area (Å²) in [4.78, 5) is 5.60. The van der Waals surface area contributed by atoms with Gasteiger partial charge in [-0.1, -0.05) is 35.7 Å². The van der Waals surface area contributed by atoms with Gasteiger partial charge in [-0.05, 0) is 53.9 Å². The largest absolute Gasteiger partial charge is 0.295 e. The highest BCUT2D eigenvalue weighted by Gasteiger charge is 2.20. The Labute approximate surface area is 171 Å². The number of benzene rings is 2. The lowest BCUT2D eigenvalue weighted by Crippen LogP contribution is -2.33. The van der Waals surface area contributed by atoms with Crippen molar-refractivity contribution in [3.63, 3.8) is 0 Å². The number of nitrogens with two attached hydrogens (primary N) is 1. The fourth-order valence-electron chi connectivity index (χ4n) is 2.43. The number of hydrazone groups is 1. The molecule has 0 atom stereocenters. The Morgan fingerprint density at radius 1 is 1.22 bits per heavy atom. The minimum absolute atomic E-state index is 0.253. The van der Waals surface area contributed by atoms with E-state index in [1.54, 1.807) is 12.1 Å². The van der Waals surface area contributed by atoms with Crippen molar-refractivity contribution in [1.29, 1.82) is 0 Å². The molecule has 9 heteroatoms. The lowest BCUT2D eigenvalue weighted by atomic mass is 10.1. The predicted octanol–water partition coefficient (Wildman–Crippen LogP) is 4.15. The molecule has 0 unspecified atom stereocenters. The number of nitrogens with zero attached hydrogens (tertiary/aromatic N) is 3. The normalized spacial score (nSPS) is 14.4. The molecule has 0 aliphatic carbocycles. The van der Waals surface area contributed by atoms with E-state index in [2.05, 4.69) is 14.8 Å². The summed E-state index contributed by atoms with van der Waals surface area (Å²) >= 11 is 8.63. The maximum atomic E-state index is 13.1. The molecule has 3 N–H and O–H groups in total. The second-order valence-corrected chi connectivity index (χ2v) is 7.72. The van der Waals surface area contributed by atoms with Crippen LogP contribution in [0.2, 0.25) is 5.02 Å². The molecule has 142 valence electrons. The maximum Gasteiger partial charge on any atom is 0.225 e. The van der Waals surface area contributed by atoms with Crippen molar-refractivity contribution in [2.45, 2.75) is 11.3 Å².